The number of ether oxygens (including phenoxy) is 3. The topological polar surface area (TPSA) is 147 Å². The van der Waals surface area contributed by atoms with Gasteiger partial charge in [-0.1, -0.05) is 0 Å². The zero-order chi connectivity index (χ0) is 27.7. The summed E-state index contributed by atoms with van der Waals surface area (Å²) in [7, 11) is -3.04. The minimum atomic E-state index is -4.10. The first-order valence-corrected chi connectivity index (χ1v) is 13.5. The summed E-state index contributed by atoms with van der Waals surface area (Å²) in [5.41, 5.74) is -0.471. The third kappa shape index (κ3) is 6.11. The number of esters is 2. The number of aromatic nitrogens is 2. The molecule has 4 atom stereocenters. The van der Waals surface area contributed by atoms with Gasteiger partial charge in [-0.25, -0.2) is 0 Å². The Morgan fingerprint density at radius 1 is 1.37 bits per heavy atom. The Morgan fingerprint density at radius 3 is 2.79 bits per heavy atom. The van der Waals surface area contributed by atoms with E-state index in [-0.39, 0.29) is 12.4 Å². The molecule has 0 aliphatic carbocycles. The number of hydrogen-bond donors (Lipinski definition) is 2. The predicted molar refractivity (Wildman–Crippen MR) is 130 cm³/mol. The number of halogens is 3. The van der Waals surface area contributed by atoms with Crippen LogP contribution in [0.1, 0.15) is 37.7 Å². The van der Waals surface area contributed by atoms with E-state index in [2.05, 4.69) is 14.8 Å². The van der Waals surface area contributed by atoms with Crippen molar-refractivity contribution in [3.05, 3.63) is 57.6 Å². The molecule has 208 valence electrons. The van der Waals surface area contributed by atoms with Crippen LogP contribution in [0.4, 0.5) is 14.6 Å². The molecular weight excluding hydrogens is 555 g/mol. The van der Waals surface area contributed by atoms with E-state index in [0.29, 0.717) is 21.6 Å². The van der Waals surface area contributed by atoms with Crippen molar-refractivity contribution in [3.8, 4) is 0 Å². The summed E-state index contributed by atoms with van der Waals surface area (Å²) in [4.78, 5) is 50.5. The van der Waals surface area contributed by atoms with Crippen LogP contribution in [0.5, 0.6) is 0 Å². The molecule has 0 bridgehead atoms. The summed E-state index contributed by atoms with van der Waals surface area (Å²) < 4.78 is 56.6. The molecule has 1 aromatic heterocycles. The molecule has 0 saturated carbocycles. The number of anilines is 1. The molecule has 2 aliphatic rings. The van der Waals surface area contributed by atoms with E-state index in [9.17, 15) is 19.3 Å². The van der Waals surface area contributed by atoms with Crippen LogP contribution in [0.25, 0.3) is 0 Å². The molecule has 12 nitrogen and oxygen atoms in total. The number of methoxy groups -OCH3 is 1. The zero-order valence-corrected chi connectivity index (χ0v) is 21.9. The molecule has 2 aliphatic heterocycles. The van der Waals surface area contributed by atoms with E-state index in [1.807, 2.05) is 0 Å². The Balaban J connectivity index is 1.53. The molecule has 4 rings (SSSR count). The van der Waals surface area contributed by atoms with Gasteiger partial charge in [0.1, 0.15) is 0 Å². The van der Waals surface area contributed by atoms with Gasteiger partial charge >= 0.3 is 220 Å². The molecule has 0 radical (unpaired) electrons. The fourth-order valence-corrected chi connectivity index (χ4v) is 6.02. The zero-order valence-electron chi connectivity index (χ0n) is 20.1. The van der Waals surface area contributed by atoms with Crippen molar-refractivity contribution in [3.63, 3.8) is 0 Å². The third-order valence-electron chi connectivity index (χ3n) is 5.81. The van der Waals surface area contributed by atoms with Gasteiger partial charge in [0.15, 0.2) is 0 Å². The molecule has 1 aromatic carbocycles. The first kappa shape index (κ1) is 28.3. The number of carbonyl (C=O) groups excluding carboxylic acids is 2. The van der Waals surface area contributed by atoms with Crippen molar-refractivity contribution in [2.45, 2.75) is 50.2 Å². The molecule has 2 fully saturated rings. The van der Waals surface area contributed by atoms with E-state index >= 15 is 8.78 Å². The van der Waals surface area contributed by atoms with Crippen molar-refractivity contribution in [1.29, 1.82) is 0 Å². The Labute approximate surface area is 220 Å². The summed E-state index contributed by atoms with van der Waals surface area (Å²) in [6, 6.07) is 8.01. The fraction of sp³-hybridized carbons (Fsp3) is 0.455. The van der Waals surface area contributed by atoms with Crippen LogP contribution >= 0.6 is 19.7 Å². The van der Waals surface area contributed by atoms with Crippen LogP contribution in [0.2, 0.25) is 5.02 Å². The van der Waals surface area contributed by atoms with Crippen molar-refractivity contribution in [1.82, 2.24) is 9.55 Å². The van der Waals surface area contributed by atoms with Gasteiger partial charge < -0.3 is 0 Å². The normalized spacial score (nSPS) is 26.8. The van der Waals surface area contributed by atoms with Crippen LogP contribution in [-0.4, -0.2) is 58.2 Å². The number of hydrogen-bond acceptors (Lipinski definition) is 11. The molecule has 3 heterocycles. The van der Waals surface area contributed by atoms with Gasteiger partial charge in [0, 0.05) is 0 Å². The maximum atomic E-state index is 15.2. The molecular formula is C22H25ClF2N3O9P. The molecule has 16 heteroatoms. The summed E-state index contributed by atoms with van der Waals surface area (Å²) in [6.45, 7) is 1.05. The van der Waals surface area contributed by atoms with Crippen molar-refractivity contribution in [2.24, 2.45) is 0 Å². The van der Waals surface area contributed by atoms with Crippen molar-refractivity contribution < 1.29 is 46.5 Å². The molecule has 1 unspecified atom stereocenters. The minimum absolute atomic E-state index is 0.130. The van der Waals surface area contributed by atoms with Gasteiger partial charge in [0.25, 0.3) is 0 Å². The van der Waals surface area contributed by atoms with Gasteiger partial charge in [-0.15, -0.1) is 0 Å². The second-order valence-corrected chi connectivity index (χ2v) is 10.9. The van der Waals surface area contributed by atoms with E-state index < -0.39 is 62.6 Å². The third-order valence-corrected chi connectivity index (χ3v) is 7.81. The average molecular weight is 580 g/mol. The number of nitrogens with one attached hydrogen (secondary N) is 1. The van der Waals surface area contributed by atoms with Gasteiger partial charge in [-0.2, -0.15) is 0 Å². The first-order valence-electron chi connectivity index (χ1n) is 11.4. The van der Waals surface area contributed by atoms with Crippen LogP contribution in [-0.2, 0) is 32.8 Å². The molecule has 2 N–H and O–H groups in total. The number of rotatable bonds is 7. The Hall–Kier alpha value is -2.74. The second-order valence-electron chi connectivity index (χ2n) is 8.52. The SMILES string of the molecule is COC(=O)C[C@H]1O[C@@H](n2ccc(N[PH]3(O)OCCC(c4cccc(Cl)c4)O3)nc2=O)C(F)(F)[C@@H]1OC(C)=O. The Bertz CT molecular complexity index is 1270. The van der Waals surface area contributed by atoms with E-state index in [1.54, 1.807) is 24.3 Å². The number of alkyl halides is 2. The summed E-state index contributed by atoms with van der Waals surface area (Å²) in [5.74, 6) is -6.01. The second kappa shape index (κ2) is 11.2. The van der Waals surface area contributed by atoms with E-state index in [1.165, 1.54) is 0 Å². The summed E-state index contributed by atoms with van der Waals surface area (Å²) in [5, 5.41) is 3.05. The van der Waals surface area contributed by atoms with Crippen LogP contribution < -0.4 is 10.8 Å². The number of nitrogens with zero attached hydrogens (tertiary/aromatic N) is 2. The van der Waals surface area contributed by atoms with Crippen molar-refractivity contribution in [2.75, 3.05) is 18.8 Å². The van der Waals surface area contributed by atoms with Crippen LogP contribution in [0, 0.1) is 0 Å². The van der Waals surface area contributed by atoms with Gasteiger partial charge in [-0.3, -0.25) is 0 Å². The molecule has 38 heavy (non-hydrogen) atoms. The van der Waals surface area contributed by atoms with Gasteiger partial charge in [0.2, 0.25) is 0 Å². The quantitative estimate of drug-likeness (QED) is 0.368. The van der Waals surface area contributed by atoms with Gasteiger partial charge in [-0.05, 0) is 0 Å². The summed E-state index contributed by atoms with van der Waals surface area (Å²) in [6.07, 6.45) is -5.81. The first-order chi connectivity index (χ1) is 17.9. The van der Waals surface area contributed by atoms with Gasteiger partial charge in [0.05, 0.1) is 0 Å². The standard InChI is InChI=1S/C22H25ClF2N3O9P/c1-12(29)35-19-16(11-18(30)33-2)36-20(22(19,24)25)28-8-6-17(26-21(28)31)27-38(32)34-9-7-15(37-38)13-4-3-5-14(23)10-13/h3-6,8,10,15-16,19-20,32,38H,7,9,11H2,1-2H3,(H,26,27,31)/t15?,16-,19-,20-/m1/s1. The van der Waals surface area contributed by atoms with E-state index in [4.69, 9.17) is 30.1 Å². The Morgan fingerprint density at radius 2 is 2.13 bits per heavy atom. The fourth-order valence-electron chi connectivity index (χ4n) is 4.12. The monoisotopic (exact) mass is 579 g/mol. The number of carbonyl (C=O) groups is 2. The van der Waals surface area contributed by atoms with E-state index in [0.717, 1.165) is 26.3 Å². The molecule has 2 saturated heterocycles. The van der Waals surface area contributed by atoms with Crippen molar-refractivity contribution >= 4 is 37.5 Å². The maximum absolute atomic E-state index is 15.2. The van der Waals surface area contributed by atoms with Crippen LogP contribution in [0.3, 0.4) is 0 Å². The molecule has 0 spiro atoms. The Kier molecular flexibility index (Phi) is 8.31. The molecule has 2 aromatic rings. The van der Waals surface area contributed by atoms with Crippen LogP contribution in [0.15, 0.2) is 41.3 Å². The summed E-state index contributed by atoms with van der Waals surface area (Å²) >= 11 is 6.03. The number of benzene rings is 1. The molecule has 0 amide bonds. The predicted octanol–water partition coefficient (Wildman–Crippen LogP) is 2.92. The average Bonchev–Trinajstić information content (AvgIpc) is 3.07.